The number of ether oxygens (including phenoxy) is 1. The number of hydrogen-bond acceptors (Lipinski definition) is 3. The summed E-state index contributed by atoms with van der Waals surface area (Å²) in [4.78, 5) is -0.378. The Morgan fingerprint density at radius 2 is 1.86 bits per heavy atom. The first-order valence-corrected chi connectivity index (χ1v) is 7.59. The summed E-state index contributed by atoms with van der Waals surface area (Å²) >= 11 is 5.81. The van der Waals surface area contributed by atoms with Gasteiger partial charge in [0, 0.05) is 5.56 Å². The number of benzene rings is 2. The van der Waals surface area contributed by atoms with Crippen molar-refractivity contribution in [3.8, 4) is 5.75 Å². The Morgan fingerprint density at radius 3 is 2.43 bits per heavy atom. The Morgan fingerprint density at radius 1 is 1.14 bits per heavy atom. The summed E-state index contributed by atoms with van der Waals surface area (Å²) in [5, 5.41) is 5.03. The van der Waals surface area contributed by atoms with E-state index in [9.17, 15) is 17.2 Å². The second kappa shape index (κ2) is 5.97. The van der Waals surface area contributed by atoms with Crippen molar-refractivity contribution < 1.29 is 21.9 Å². The van der Waals surface area contributed by atoms with Crippen LogP contribution in [0.5, 0.6) is 5.75 Å². The van der Waals surface area contributed by atoms with E-state index in [1.165, 1.54) is 18.2 Å². The van der Waals surface area contributed by atoms with Crippen molar-refractivity contribution in [3.63, 3.8) is 0 Å². The number of sulfonamides is 1. The van der Waals surface area contributed by atoms with E-state index < -0.39 is 21.7 Å². The first kappa shape index (κ1) is 15.7. The van der Waals surface area contributed by atoms with E-state index in [1.807, 2.05) is 0 Å². The van der Waals surface area contributed by atoms with Crippen LogP contribution in [-0.4, -0.2) is 8.42 Å². The molecule has 0 aliphatic rings. The smallest absolute Gasteiger partial charge is 0.238 e. The zero-order chi connectivity index (χ0) is 15.6. The Bertz CT molecular complexity index is 761. The van der Waals surface area contributed by atoms with Gasteiger partial charge in [0.05, 0.1) is 9.92 Å². The van der Waals surface area contributed by atoms with Gasteiger partial charge in [-0.05, 0) is 30.3 Å². The fourth-order valence-corrected chi connectivity index (χ4v) is 2.34. The second-order valence-electron chi connectivity index (χ2n) is 4.13. The van der Waals surface area contributed by atoms with E-state index in [0.29, 0.717) is 0 Å². The summed E-state index contributed by atoms with van der Waals surface area (Å²) in [6.45, 7) is -0.294. The molecule has 0 bridgehead atoms. The van der Waals surface area contributed by atoms with Crippen molar-refractivity contribution in [3.05, 3.63) is 58.6 Å². The van der Waals surface area contributed by atoms with Crippen LogP contribution in [0.4, 0.5) is 8.78 Å². The molecule has 0 aliphatic carbocycles. The van der Waals surface area contributed by atoms with Gasteiger partial charge in [0.2, 0.25) is 10.0 Å². The summed E-state index contributed by atoms with van der Waals surface area (Å²) < 4.78 is 54.5. The molecule has 0 atom stereocenters. The zero-order valence-electron chi connectivity index (χ0n) is 10.5. The largest absolute Gasteiger partial charge is 0.486 e. The molecule has 8 heteroatoms. The second-order valence-corrected chi connectivity index (χ2v) is 6.09. The lowest BCUT2D eigenvalue weighted by Crippen LogP contribution is -2.12. The van der Waals surface area contributed by atoms with E-state index in [-0.39, 0.29) is 27.8 Å². The molecule has 2 aromatic rings. The van der Waals surface area contributed by atoms with E-state index in [1.54, 1.807) is 0 Å². The van der Waals surface area contributed by atoms with Gasteiger partial charge in [0.1, 0.15) is 12.4 Å². The molecule has 2 N–H and O–H groups in total. The number of halogens is 3. The standard InChI is InChI=1S/C13H10ClF2NO3S/c14-10-2-1-3-11(15)9(10)7-20-13-5-4-8(6-12(13)16)21(17,18)19/h1-6H,7H2,(H2,17,18,19). The highest BCUT2D eigenvalue weighted by Gasteiger charge is 2.14. The molecule has 112 valence electrons. The van der Waals surface area contributed by atoms with Crippen molar-refractivity contribution in [1.29, 1.82) is 0 Å². The van der Waals surface area contributed by atoms with Crippen LogP contribution in [-0.2, 0) is 16.6 Å². The topological polar surface area (TPSA) is 69.4 Å². The normalized spacial score (nSPS) is 11.4. The number of rotatable bonds is 4. The van der Waals surface area contributed by atoms with Gasteiger partial charge < -0.3 is 4.74 Å². The maximum Gasteiger partial charge on any atom is 0.238 e. The average molecular weight is 334 g/mol. The van der Waals surface area contributed by atoms with Crippen molar-refractivity contribution in [2.75, 3.05) is 0 Å². The fraction of sp³-hybridized carbons (Fsp3) is 0.0769. The van der Waals surface area contributed by atoms with E-state index in [0.717, 1.165) is 18.2 Å². The average Bonchev–Trinajstić information content (AvgIpc) is 2.38. The van der Waals surface area contributed by atoms with Crippen LogP contribution in [0, 0.1) is 11.6 Å². The van der Waals surface area contributed by atoms with Gasteiger partial charge in [-0.25, -0.2) is 22.3 Å². The summed E-state index contributed by atoms with van der Waals surface area (Å²) in [5.41, 5.74) is 0.0779. The fourth-order valence-electron chi connectivity index (χ4n) is 1.60. The molecular formula is C13H10ClF2NO3S. The predicted molar refractivity (Wildman–Crippen MR) is 73.5 cm³/mol. The lowest BCUT2D eigenvalue weighted by Gasteiger charge is -2.10. The molecule has 0 unspecified atom stereocenters. The highest BCUT2D eigenvalue weighted by atomic mass is 35.5. The molecule has 4 nitrogen and oxygen atoms in total. The first-order chi connectivity index (χ1) is 9.79. The molecule has 0 heterocycles. The monoisotopic (exact) mass is 333 g/mol. The lowest BCUT2D eigenvalue weighted by molar-refractivity contribution is 0.284. The Hall–Kier alpha value is -1.70. The lowest BCUT2D eigenvalue weighted by atomic mass is 10.2. The summed E-state index contributed by atoms with van der Waals surface area (Å²) in [6, 6.07) is 7.03. The van der Waals surface area contributed by atoms with Gasteiger partial charge in [-0.15, -0.1) is 0 Å². The van der Waals surface area contributed by atoms with Crippen LogP contribution >= 0.6 is 11.6 Å². The van der Waals surface area contributed by atoms with Crippen LogP contribution in [0.1, 0.15) is 5.56 Å². The number of primary sulfonamides is 1. The van der Waals surface area contributed by atoms with Crippen molar-refractivity contribution in [2.24, 2.45) is 5.14 Å². The maximum absolute atomic E-state index is 13.7. The SMILES string of the molecule is NS(=O)(=O)c1ccc(OCc2c(F)cccc2Cl)c(F)c1. The summed E-state index contributed by atoms with van der Waals surface area (Å²) in [5.74, 6) is -1.74. The third-order valence-electron chi connectivity index (χ3n) is 2.67. The van der Waals surface area contributed by atoms with E-state index in [4.69, 9.17) is 21.5 Å². The molecule has 0 fully saturated rings. The van der Waals surface area contributed by atoms with Gasteiger partial charge in [-0.3, -0.25) is 0 Å². The highest BCUT2D eigenvalue weighted by molar-refractivity contribution is 7.89. The first-order valence-electron chi connectivity index (χ1n) is 5.67. The summed E-state index contributed by atoms with van der Waals surface area (Å²) in [7, 11) is -4.00. The minimum Gasteiger partial charge on any atom is -0.486 e. The molecule has 0 amide bonds. The molecule has 0 saturated carbocycles. The van der Waals surface area contributed by atoms with Crippen LogP contribution < -0.4 is 9.88 Å². The molecule has 2 aromatic carbocycles. The van der Waals surface area contributed by atoms with Crippen molar-refractivity contribution >= 4 is 21.6 Å². The molecule has 2 rings (SSSR count). The van der Waals surface area contributed by atoms with Crippen LogP contribution in [0.15, 0.2) is 41.3 Å². The van der Waals surface area contributed by atoms with Crippen molar-refractivity contribution in [1.82, 2.24) is 0 Å². The third kappa shape index (κ3) is 3.69. The van der Waals surface area contributed by atoms with Crippen LogP contribution in [0.3, 0.4) is 0 Å². The number of nitrogens with two attached hydrogens (primary N) is 1. The van der Waals surface area contributed by atoms with E-state index >= 15 is 0 Å². The molecule has 0 aromatic heterocycles. The van der Waals surface area contributed by atoms with E-state index in [2.05, 4.69) is 0 Å². The van der Waals surface area contributed by atoms with Gasteiger partial charge >= 0.3 is 0 Å². The molecule has 0 radical (unpaired) electrons. The van der Waals surface area contributed by atoms with Crippen LogP contribution in [0.25, 0.3) is 0 Å². The Kier molecular flexibility index (Phi) is 4.46. The van der Waals surface area contributed by atoms with Crippen molar-refractivity contribution in [2.45, 2.75) is 11.5 Å². The highest BCUT2D eigenvalue weighted by Crippen LogP contribution is 2.24. The number of hydrogen-bond donors (Lipinski definition) is 1. The molecule has 0 aliphatic heterocycles. The Balaban J connectivity index is 2.22. The third-order valence-corrected chi connectivity index (χ3v) is 3.93. The zero-order valence-corrected chi connectivity index (χ0v) is 12.1. The minimum absolute atomic E-state index is 0.0779. The predicted octanol–water partition coefficient (Wildman–Crippen LogP) is 2.84. The Labute approximate surface area is 125 Å². The quantitative estimate of drug-likeness (QED) is 0.935. The van der Waals surface area contributed by atoms with Crippen LogP contribution in [0.2, 0.25) is 5.02 Å². The molecule has 0 spiro atoms. The molecule has 21 heavy (non-hydrogen) atoms. The summed E-state index contributed by atoms with van der Waals surface area (Å²) in [6.07, 6.45) is 0. The maximum atomic E-state index is 13.7. The molecular weight excluding hydrogens is 324 g/mol. The van der Waals surface area contributed by atoms with Gasteiger partial charge in [-0.1, -0.05) is 17.7 Å². The molecule has 0 saturated heterocycles. The minimum atomic E-state index is -4.00. The van der Waals surface area contributed by atoms with Gasteiger partial charge in [-0.2, -0.15) is 0 Å². The van der Waals surface area contributed by atoms with Gasteiger partial charge in [0.25, 0.3) is 0 Å². The van der Waals surface area contributed by atoms with Gasteiger partial charge in [0.15, 0.2) is 11.6 Å².